The van der Waals surface area contributed by atoms with Crippen LogP contribution in [0.3, 0.4) is 0 Å². The molecule has 0 aliphatic rings. The second kappa shape index (κ2) is 7.62. The van der Waals surface area contributed by atoms with E-state index in [2.05, 4.69) is 5.18 Å². The van der Waals surface area contributed by atoms with Crippen LogP contribution in [0.15, 0.2) is 29.4 Å². The van der Waals surface area contributed by atoms with Crippen molar-refractivity contribution in [3.8, 4) is 0 Å². The van der Waals surface area contributed by atoms with E-state index in [1.807, 2.05) is 11.9 Å². The van der Waals surface area contributed by atoms with Gasteiger partial charge in [-0.25, -0.2) is 0 Å². The van der Waals surface area contributed by atoms with Gasteiger partial charge in [0.05, 0.1) is 0 Å². The minimum Gasteiger partial charge on any atom is -0.481 e. The Balaban J connectivity index is 0.00000256. The van der Waals surface area contributed by atoms with Crippen LogP contribution in [0.5, 0.6) is 0 Å². The van der Waals surface area contributed by atoms with Crippen LogP contribution < -0.4 is 4.90 Å². The van der Waals surface area contributed by atoms with Crippen LogP contribution in [0.4, 0.5) is 11.4 Å². The van der Waals surface area contributed by atoms with Gasteiger partial charge >= 0.3 is 5.97 Å². The summed E-state index contributed by atoms with van der Waals surface area (Å²) in [5.74, 6) is -0.783. The number of halogens is 1. The third kappa shape index (κ3) is 5.31. The Labute approximate surface area is 106 Å². The SMILES string of the molecule is CN(CCCC(=O)O)c1ccc(N=O)cc1.Cl. The van der Waals surface area contributed by atoms with Crippen molar-refractivity contribution in [2.24, 2.45) is 5.18 Å². The standard InChI is InChI=1S/C11H14N2O3.ClH/c1-13(8-2-3-11(14)15)10-6-4-9(12-16)5-7-10;/h4-7H,2-3,8H2,1H3,(H,14,15);1H. The van der Waals surface area contributed by atoms with Crippen molar-refractivity contribution in [2.45, 2.75) is 12.8 Å². The first-order valence-electron chi connectivity index (χ1n) is 5.00. The fraction of sp³-hybridized carbons (Fsp3) is 0.364. The number of nitrogens with zero attached hydrogens (tertiary/aromatic N) is 2. The van der Waals surface area contributed by atoms with E-state index >= 15 is 0 Å². The first-order chi connectivity index (χ1) is 7.63. The Hall–Kier alpha value is -1.62. The number of carboxylic acids is 1. The van der Waals surface area contributed by atoms with Gasteiger partial charge in [-0.1, -0.05) is 0 Å². The lowest BCUT2D eigenvalue weighted by molar-refractivity contribution is -0.137. The van der Waals surface area contributed by atoms with E-state index in [1.54, 1.807) is 24.3 Å². The maximum Gasteiger partial charge on any atom is 0.303 e. The van der Waals surface area contributed by atoms with Gasteiger partial charge in [0, 0.05) is 25.7 Å². The smallest absolute Gasteiger partial charge is 0.303 e. The minimum absolute atomic E-state index is 0. The van der Waals surface area contributed by atoms with E-state index in [9.17, 15) is 9.70 Å². The van der Waals surface area contributed by atoms with Crippen molar-refractivity contribution in [1.82, 2.24) is 0 Å². The summed E-state index contributed by atoms with van der Waals surface area (Å²) < 4.78 is 0. The van der Waals surface area contributed by atoms with Crippen LogP contribution in [-0.4, -0.2) is 24.7 Å². The largest absolute Gasteiger partial charge is 0.481 e. The van der Waals surface area contributed by atoms with Crippen molar-refractivity contribution in [3.05, 3.63) is 29.2 Å². The highest BCUT2D eigenvalue weighted by Crippen LogP contribution is 2.18. The van der Waals surface area contributed by atoms with Gasteiger partial charge in [-0.05, 0) is 35.9 Å². The molecule has 0 spiro atoms. The van der Waals surface area contributed by atoms with E-state index in [4.69, 9.17) is 5.11 Å². The average molecular weight is 259 g/mol. The molecule has 0 heterocycles. The van der Waals surface area contributed by atoms with Crippen molar-refractivity contribution >= 4 is 29.8 Å². The van der Waals surface area contributed by atoms with Crippen LogP contribution in [0.25, 0.3) is 0 Å². The highest BCUT2D eigenvalue weighted by Gasteiger charge is 2.02. The molecule has 94 valence electrons. The summed E-state index contributed by atoms with van der Waals surface area (Å²) in [5, 5.41) is 11.3. The summed E-state index contributed by atoms with van der Waals surface area (Å²) in [6.45, 7) is 0.667. The molecule has 0 aliphatic heterocycles. The zero-order valence-electron chi connectivity index (χ0n) is 9.50. The predicted octanol–water partition coefficient (Wildman–Crippen LogP) is 2.81. The number of carboxylic acid groups (broad SMARTS) is 1. The van der Waals surface area contributed by atoms with E-state index in [0.29, 0.717) is 18.7 Å². The number of rotatable bonds is 6. The van der Waals surface area contributed by atoms with Crippen LogP contribution in [-0.2, 0) is 4.79 Å². The predicted molar refractivity (Wildman–Crippen MR) is 69.3 cm³/mol. The Bertz CT molecular complexity index is 367. The number of carbonyl (C=O) groups is 1. The molecule has 0 radical (unpaired) electrons. The number of nitroso groups, excluding NO2 is 1. The van der Waals surface area contributed by atoms with Gasteiger partial charge in [0.25, 0.3) is 0 Å². The minimum atomic E-state index is -0.783. The Morgan fingerprint density at radius 2 is 1.94 bits per heavy atom. The Morgan fingerprint density at radius 3 is 2.41 bits per heavy atom. The zero-order chi connectivity index (χ0) is 12.0. The van der Waals surface area contributed by atoms with Crippen molar-refractivity contribution < 1.29 is 9.90 Å². The molecule has 6 heteroatoms. The number of aliphatic carboxylic acids is 1. The number of hydrogen-bond donors (Lipinski definition) is 1. The van der Waals surface area contributed by atoms with Crippen LogP contribution in [0, 0.1) is 4.91 Å². The first-order valence-corrected chi connectivity index (χ1v) is 5.00. The fourth-order valence-corrected chi connectivity index (χ4v) is 1.36. The molecule has 0 aliphatic carbocycles. The summed E-state index contributed by atoms with van der Waals surface area (Å²) in [4.78, 5) is 22.5. The number of hydrogen-bond acceptors (Lipinski definition) is 4. The van der Waals surface area contributed by atoms with E-state index in [1.165, 1.54) is 0 Å². The Morgan fingerprint density at radius 1 is 1.35 bits per heavy atom. The molecule has 0 aromatic heterocycles. The quantitative estimate of drug-likeness (QED) is 0.797. The molecule has 1 N–H and O–H groups in total. The average Bonchev–Trinajstić information content (AvgIpc) is 2.28. The molecule has 1 rings (SSSR count). The van der Waals surface area contributed by atoms with Crippen LogP contribution in [0.2, 0.25) is 0 Å². The summed E-state index contributed by atoms with van der Waals surface area (Å²) in [6, 6.07) is 6.85. The number of benzene rings is 1. The molecule has 1 aromatic rings. The normalized spacial score (nSPS) is 9.24. The van der Waals surface area contributed by atoms with Gasteiger partial charge in [0.1, 0.15) is 5.69 Å². The summed E-state index contributed by atoms with van der Waals surface area (Å²) in [7, 11) is 1.88. The Kier molecular flexibility index (Phi) is 6.89. The topological polar surface area (TPSA) is 70.0 Å². The summed E-state index contributed by atoms with van der Waals surface area (Å²) in [6.07, 6.45) is 0.762. The maximum absolute atomic E-state index is 10.3. The van der Waals surface area contributed by atoms with Gasteiger partial charge in [-0.3, -0.25) is 4.79 Å². The van der Waals surface area contributed by atoms with Gasteiger partial charge in [-0.2, -0.15) is 0 Å². The highest BCUT2D eigenvalue weighted by molar-refractivity contribution is 5.85. The molecule has 0 saturated carbocycles. The van der Waals surface area contributed by atoms with Crippen molar-refractivity contribution in [3.63, 3.8) is 0 Å². The summed E-state index contributed by atoms with van der Waals surface area (Å²) in [5.41, 5.74) is 1.33. The van der Waals surface area contributed by atoms with E-state index in [0.717, 1.165) is 5.69 Å². The van der Waals surface area contributed by atoms with E-state index < -0.39 is 5.97 Å². The second-order valence-electron chi connectivity index (χ2n) is 3.53. The first kappa shape index (κ1) is 15.4. The lowest BCUT2D eigenvalue weighted by atomic mass is 10.2. The molecule has 17 heavy (non-hydrogen) atoms. The fourth-order valence-electron chi connectivity index (χ4n) is 1.36. The van der Waals surface area contributed by atoms with Crippen LogP contribution in [0.1, 0.15) is 12.8 Å². The van der Waals surface area contributed by atoms with Gasteiger partial charge in [0.15, 0.2) is 0 Å². The molecule has 1 aromatic carbocycles. The van der Waals surface area contributed by atoms with Crippen molar-refractivity contribution in [2.75, 3.05) is 18.5 Å². The lowest BCUT2D eigenvalue weighted by Crippen LogP contribution is -2.19. The van der Waals surface area contributed by atoms with Gasteiger partial charge < -0.3 is 10.0 Å². The third-order valence-electron chi connectivity index (χ3n) is 2.28. The summed E-state index contributed by atoms with van der Waals surface area (Å²) >= 11 is 0. The third-order valence-corrected chi connectivity index (χ3v) is 2.28. The second-order valence-corrected chi connectivity index (χ2v) is 3.53. The van der Waals surface area contributed by atoms with Gasteiger partial charge in [0.2, 0.25) is 0 Å². The lowest BCUT2D eigenvalue weighted by Gasteiger charge is -2.18. The molecular weight excluding hydrogens is 244 g/mol. The molecule has 5 nitrogen and oxygen atoms in total. The maximum atomic E-state index is 10.3. The molecule has 0 bridgehead atoms. The number of anilines is 1. The highest BCUT2D eigenvalue weighted by atomic mass is 35.5. The molecular formula is C11H15ClN2O3. The van der Waals surface area contributed by atoms with E-state index in [-0.39, 0.29) is 18.8 Å². The monoisotopic (exact) mass is 258 g/mol. The zero-order valence-corrected chi connectivity index (χ0v) is 10.3. The molecule has 0 fully saturated rings. The molecule has 0 atom stereocenters. The van der Waals surface area contributed by atoms with Crippen molar-refractivity contribution in [1.29, 1.82) is 0 Å². The molecule has 0 unspecified atom stereocenters. The molecule has 0 saturated heterocycles. The van der Waals surface area contributed by atoms with Gasteiger partial charge in [-0.15, -0.1) is 17.3 Å². The van der Waals surface area contributed by atoms with Crippen LogP contribution >= 0.6 is 12.4 Å². The molecule has 0 amide bonds.